The number of nitrogens with one attached hydrogen (secondary N) is 1. The molecule has 0 bridgehead atoms. The lowest BCUT2D eigenvalue weighted by atomic mass is 9.96. The Morgan fingerprint density at radius 2 is 2.05 bits per heavy atom. The first-order chi connectivity index (χ1) is 9.63. The van der Waals surface area contributed by atoms with Gasteiger partial charge in [0.25, 0.3) is 0 Å². The maximum atomic E-state index is 12.4. The normalized spacial score (nSPS) is 20.3. The van der Waals surface area contributed by atoms with Crippen LogP contribution in [-0.4, -0.2) is 36.9 Å². The van der Waals surface area contributed by atoms with E-state index < -0.39 is 6.04 Å². The van der Waals surface area contributed by atoms with Crippen molar-refractivity contribution in [2.24, 2.45) is 11.7 Å². The fourth-order valence-corrected chi connectivity index (χ4v) is 2.60. The second kappa shape index (κ2) is 6.52. The number of hydrogen-bond acceptors (Lipinski definition) is 3. The molecule has 0 aliphatic carbocycles. The number of rotatable bonds is 3. The van der Waals surface area contributed by atoms with E-state index in [4.69, 9.17) is 5.73 Å². The number of carbonyl (C=O) groups is 2. The molecule has 5 heteroatoms. The fraction of sp³-hybridized carbons (Fsp3) is 0.467. The maximum absolute atomic E-state index is 12.4. The third kappa shape index (κ3) is 3.17. The van der Waals surface area contributed by atoms with Gasteiger partial charge in [0.15, 0.2) is 0 Å². The summed E-state index contributed by atoms with van der Waals surface area (Å²) in [5, 5.41) is 2.65. The summed E-state index contributed by atoms with van der Waals surface area (Å²) in [4.78, 5) is 25.8. The van der Waals surface area contributed by atoms with Gasteiger partial charge in [-0.05, 0) is 18.4 Å². The molecule has 0 spiro atoms. The number of amides is 2. The summed E-state index contributed by atoms with van der Waals surface area (Å²) in [6.45, 7) is 1.13. The quantitative estimate of drug-likeness (QED) is 0.851. The number of likely N-dealkylation sites (tertiary alicyclic amines) is 1. The third-order valence-electron chi connectivity index (χ3n) is 3.77. The Balaban J connectivity index is 2.03. The summed E-state index contributed by atoms with van der Waals surface area (Å²) >= 11 is 0. The second-order valence-electron chi connectivity index (χ2n) is 5.13. The van der Waals surface area contributed by atoms with Crippen LogP contribution in [0.5, 0.6) is 0 Å². The van der Waals surface area contributed by atoms with E-state index in [1.165, 1.54) is 0 Å². The SMILES string of the molecule is CNC(=O)C1CCCN(C(=O)C(N)c2ccccc2)C1. The highest BCUT2D eigenvalue weighted by Crippen LogP contribution is 2.20. The average molecular weight is 275 g/mol. The van der Waals surface area contributed by atoms with Gasteiger partial charge in [-0.2, -0.15) is 0 Å². The molecule has 1 aromatic carbocycles. The van der Waals surface area contributed by atoms with Crippen LogP contribution in [0.15, 0.2) is 30.3 Å². The van der Waals surface area contributed by atoms with Crippen molar-refractivity contribution in [2.45, 2.75) is 18.9 Å². The van der Waals surface area contributed by atoms with E-state index in [1.807, 2.05) is 30.3 Å². The van der Waals surface area contributed by atoms with Crippen molar-refractivity contribution < 1.29 is 9.59 Å². The van der Waals surface area contributed by atoms with Crippen LogP contribution in [0.2, 0.25) is 0 Å². The molecule has 1 heterocycles. The number of benzene rings is 1. The first-order valence-corrected chi connectivity index (χ1v) is 6.94. The maximum Gasteiger partial charge on any atom is 0.244 e. The molecule has 1 fully saturated rings. The van der Waals surface area contributed by atoms with Crippen molar-refractivity contribution >= 4 is 11.8 Å². The van der Waals surface area contributed by atoms with Crippen LogP contribution in [0.25, 0.3) is 0 Å². The van der Waals surface area contributed by atoms with E-state index >= 15 is 0 Å². The Morgan fingerprint density at radius 3 is 2.70 bits per heavy atom. The van der Waals surface area contributed by atoms with Gasteiger partial charge in [-0.3, -0.25) is 9.59 Å². The summed E-state index contributed by atoms with van der Waals surface area (Å²) in [5.74, 6) is -0.235. The molecule has 0 aromatic heterocycles. The minimum atomic E-state index is -0.653. The molecule has 2 amide bonds. The van der Waals surface area contributed by atoms with Crippen LogP contribution < -0.4 is 11.1 Å². The molecule has 20 heavy (non-hydrogen) atoms. The predicted octanol–water partition coefficient (Wildman–Crippen LogP) is 0.671. The number of nitrogens with two attached hydrogens (primary N) is 1. The second-order valence-corrected chi connectivity index (χ2v) is 5.13. The number of nitrogens with zero attached hydrogens (tertiary/aromatic N) is 1. The van der Waals surface area contributed by atoms with E-state index in [1.54, 1.807) is 11.9 Å². The molecule has 3 N–H and O–H groups in total. The van der Waals surface area contributed by atoms with E-state index in [2.05, 4.69) is 5.32 Å². The van der Waals surface area contributed by atoms with Crippen molar-refractivity contribution in [3.05, 3.63) is 35.9 Å². The van der Waals surface area contributed by atoms with Gasteiger partial charge >= 0.3 is 0 Å². The van der Waals surface area contributed by atoms with Crippen LogP contribution in [0, 0.1) is 5.92 Å². The van der Waals surface area contributed by atoms with Crippen molar-refractivity contribution in [2.75, 3.05) is 20.1 Å². The molecule has 1 aliphatic heterocycles. The van der Waals surface area contributed by atoms with Gasteiger partial charge in [-0.25, -0.2) is 0 Å². The molecule has 108 valence electrons. The fourth-order valence-electron chi connectivity index (χ4n) is 2.60. The zero-order chi connectivity index (χ0) is 14.5. The van der Waals surface area contributed by atoms with Crippen molar-refractivity contribution in [3.8, 4) is 0 Å². The monoisotopic (exact) mass is 275 g/mol. The minimum absolute atomic E-state index is 0.00391. The van der Waals surface area contributed by atoms with E-state index in [9.17, 15) is 9.59 Å². The molecule has 1 aromatic rings. The molecule has 2 rings (SSSR count). The molecule has 0 radical (unpaired) electrons. The zero-order valence-corrected chi connectivity index (χ0v) is 11.7. The molecular formula is C15H21N3O2. The number of hydrogen-bond donors (Lipinski definition) is 2. The van der Waals surface area contributed by atoms with E-state index in [0.29, 0.717) is 13.1 Å². The summed E-state index contributed by atoms with van der Waals surface area (Å²) < 4.78 is 0. The van der Waals surface area contributed by atoms with Crippen LogP contribution in [0.3, 0.4) is 0 Å². The van der Waals surface area contributed by atoms with E-state index in [0.717, 1.165) is 18.4 Å². The highest BCUT2D eigenvalue weighted by Gasteiger charge is 2.30. The third-order valence-corrected chi connectivity index (χ3v) is 3.77. The average Bonchev–Trinajstić information content (AvgIpc) is 2.53. The lowest BCUT2D eigenvalue weighted by molar-refractivity contribution is -0.136. The standard InChI is InChI=1S/C15H21N3O2/c1-17-14(19)12-8-5-9-18(10-12)15(20)13(16)11-6-3-2-4-7-11/h2-4,6-7,12-13H,5,8-10,16H2,1H3,(H,17,19). The topological polar surface area (TPSA) is 75.4 Å². The van der Waals surface area contributed by atoms with Crippen LogP contribution in [0.4, 0.5) is 0 Å². The van der Waals surface area contributed by atoms with Gasteiger partial charge < -0.3 is 16.0 Å². The molecular weight excluding hydrogens is 254 g/mol. The lowest BCUT2D eigenvalue weighted by Gasteiger charge is -2.33. The van der Waals surface area contributed by atoms with Gasteiger partial charge in [-0.1, -0.05) is 30.3 Å². The van der Waals surface area contributed by atoms with Crippen LogP contribution in [0.1, 0.15) is 24.4 Å². The molecule has 1 aliphatic rings. The van der Waals surface area contributed by atoms with Crippen molar-refractivity contribution in [1.29, 1.82) is 0 Å². The molecule has 2 unspecified atom stereocenters. The van der Waals surface area contributed by atoms with Crippen molar-refractivity contribution in [1.82, 2.24) is 10.2 Å². The highest BCUT2D eigenvalue weighted by atomic mass is 16.2. The Hall–Kier alpha value is -1.88. The van der Waals surface area contributed by atoms with Gasteiger partial charge in [-0.15, -0.1) is 0 Å². The largest absolute Gasteiger partial charge is 0.359 e. The number of piperidine rings is 1. The van der Waals surface area contributed by atoms with Crippen LogP contribution >= 0.6 is 0 Å². The zero-order valence-electron chi connectivity index (χ0n) is 11.7. The van der Waals surface area contributed by atoms with Gasteiger partial charge in [0.1, 0.15) is 6.04 Å². The van der Waals surface area contributed by atoms with Gasteiger partial charge in [0.2, 0.25) is 11.8 Å². The Labute approximate surface area is 119 Å². The Morgan fingerprint density at radius 1 is 1.35 bits per heavy atom. The first kappa shape index (κ1) is 14.5. The van der Waals surface area contributed by atoms with E-state index in [-0.39, 0.29) is 17.7 Å². The predicted molar refractivity (Wildman–Crippen MR) is 76.7 cm³/mol. The highest BCUT2D eigenvalue weighted by molar-refractivity contribution is 5.84. The summed E-state index contributed by atoms with van der Waals surface area (Å²) in [7, 11) is 1.62. The van der Waals surface area contributed by atoms with Crippen molar-refractivity contribution in [3.63, 3.8) is 0 Å². The summed E-state index contributed by atoms with van der Waals surface area (Å²) in [5.41, 5.74) is 6.84. The minimum Gasteiger partial charge on any atom is -0.359 e. The molecule has 0 saturated carbocycles. The van der Waals surface area contributed by atoms with Gasteiger partial charge in [0.05, 0.1) is 5.92 Å². The Bertz CT molecular complexity index is 475. The summed E-state index contributed by atoms with van der Waals surface area (Å²) in [6, 6.07) is 8.67. The molecule has 1 saturated heterocycles. The summed E-state index contributed by atoms with van der Waals surface area (Å²) in [6.07, 6.45) is 1.66. The smallest absolute Gasteiger partial charge is 0.244 e. The Kier molecular flexibility index (Phi) is 4.74. The molecule has 2 atom stereocenters. The van der Waals surface area contributed by atoms with Gasteiger partial charge in [0, 0.05) is 20.1 Å². The molecule has 5 nitrogen and oxygen atoms in total. The lowest BCUT2D eigenvalue weighted by Crippen LogP contribution is -2.47. The first-order valence-electron chi connectivity index (χ1n) is 6.94. The number of carbonyl (C=O) groups excluding carboxylic acids is 2. The van der Waals surface area contributed by atoms with Crippen LogP contribution in [-0.2, 0) is 9.59 Å².